The first-order chi connectivity index (χ1) is 6.19. The van der Waals surface area contributed by atoms with Crippen LogP contribution in [0.1, 0.15) is 19.5 Å². The first-order valence-electron chi connectivity index (χ1n) is 3.86. The Labute approximate surface area is 80.6 Å². The number of halogens is 1. The van der Waals surface area contributed by atoms with Gasteiger partial charge in [-0.05, 0) is 24.4 Å². The highest BCUT2D eigenvalue weighted by Gasteiger charge is 2.21. The van der Waals surface area contributed by atoms with Crippen LogP contribution >= 0.6 is 11.6 Å². The van der Waals surface area contributed by atoms with Gasteiger partial charge in [-0.2, -0.15) is 0 Å². The third-order valence-corrected chi connectivity index (χ3v) is 1.72. The highest BCUT2D eigenvalue weighted by Crippen LogP contribution is 2.15. The lowest BCUT2D eigenvalue weighted by atomic mass is 10.5. The van der Waals surface area contributed by atoms with Crippen LogP contribution in [0.25, 0.3) is 0 Å². The number of aliphatic imine (C=N–C) groups is 1. The van der Waals surface area contributed by atoms with Crippen molar-refractivity contribution in [3.05, 3.63) is 5.69 Å². The summed E-state index contributed by atoms with van der Waals surface area (Å²) in [5.41, 5.74) is 0.624. The number of rotatable bonds is 3. The van der Waals surface area contributed by atoms with Crippen LogP contribution in [0.15, 0.2) is 9.52 Å². The van der Waals surface area contributed by atoms with Crippen molar-refractivity contribution in [1.29, 1.82) is 0 Å². The zero-order valence-electron chi connectivity index (χ0n) is 7.45. The van der Waals surface area contributed by atoms with Gasteiger partial charge in [0.05, 0.1) is 0 Å². The molecular formula is C7H10ClN3O2. The standard InChI is InChI=1S/C7H10ClN3O2/c1-3-11-6(4-8)7(13-10-11)9-5(2)12/h3-4H2,1-2H3. The summed E-state index contributed by atoms with van der Waals surface area (Å²) >= 11 is 5.65. The van der Waals surface area contributed by atoms with Crippen molar-refractivity contribution in [2.24, 2.45) is 4.99 Å². The molecule has 1 aromatic heterocycles. The minimum atomic E-state index is -0.328. The molecule has 1 rings (SSSR count). The molecule has 0 N–H and O–H groups in total. The molecule has 0 radical (unpaired) electrons. The second-order valence-electron chi connectivity index (χ2n) is 2.40. The Balaban J connectivity index is 3.08. The molecule has 0 bridgehead atoms. The van der Waals surface area contributed by atoms with Gasteiger partial charge in [0.2, 0.25) is 5.27 Å². The maximum Gasteiger partial charge on any atom is 0.325 e. The van der Waals surface area contributed by atoms with Crippen LogP contribution in [0.2, 0.25) is 0 Å². The van der Waals surface area contributed by atoms with Crippen molar-refractivity contribution in [3.8, 4) is 0 Å². The van der Waals surface area contributed by atoms with E-state index in [1.807, 2.05) is 6.92 Å². The molecular weight excluding hydrogens is 194 g/mol. The summed E-state index contributed by atoms with van der Waals surface area (Å²) in [7, 11) is 0. The number of aryl methyl sites for hydroxylation is 1. The fourth-order valence-electron chi connectivity index (χ4n) is 0.903. The van der Waals surface area contributed by atoms with Crippen LogP contribution in [0, 0.1) is 0 Å². The predicted octanol–water partition coefficient (Wildman–Crippen LogP) is 0.131. The van der Waals surface area contributed by atoms with Gasteiger partial charge in [0.1, 0.15) is 5.88 Å². The Kier molecular flexibility index (Phi) is 3.25. The first-order valence-corrected chi connectivity index (χ1v) is 4.39. The van der Waals surface area contributed by atoms with Crippen LogP contribution in [-0.4, -0.2) is 11.2 Å². The molecule has 1 heterocycles. The zero-order chi connectivity index (χ0) is 9.84. The Morgan fingerprint density at radius 2 is 2.46 bits per heavy atom. The van der Waals surface area contributed by atoms with Crippen LogP contribution < -0.4 is 9.79 Å². The Morgan fingerprint density at radius 1 is 1.77 bits per heavy atom. The molecule has 0 aromatic carbocycles. The third kappa shape index (κ3) is 2.18. The number of nitrogens with zero attached hydrogens (tertiary/aromatic N) is 3. The van der Waals surface area contributed by atoms with Gasteiger partial charge in [0.25, 0.3) is 5.69 Å². The summed E-state index contributed by atoms with van der Waals surface area (Å²) in [4.78, 5) is 3.63. The van der Waals surface area contributed by atoms with Gasteiger partial charge in [-0.15, -0.1) is 11.6 Å². The lowest BCUT2D eigenvalue weighted by Crippen LogP contribution is -2.37. The fourth-order valence-corrected chi connectivity index (χ4v) is 1.16. The summed E-state index contributed by atoms with van der Waals surface area (Å²) in [6.45, 7) is 3.88. The molecule has 0 aliphatic carbocycles. The molecule has 0 aliphatic heterocycles. The second kappa shape index (κ2) is 4.23. The normalized spacial score (nSPS) is 12.1. The van der Waals surface area contributed by atoms with E-state index < -0.39 is 0 Å². The molecule has 72 valence electrons. The van der Waals surface area contributed by atoms with Gasteiger partial charge in [-0.1, -0.05) is 0 Å². The smallest absolute Gasteiger partial charge is 0.325 e. The number of hydrogen-bond acceptors (Lipinski definition) is 4. The van der Waals surface area contributed by atoms with E-state index in [0.717, 1.165) is 0 Å². The van der Waals surface area contributed by atoms with Crippen molar-refractivity contribution in [2.75, 3.05) is 0 Å². The monoisotopic (exact) mass is 203 g/mol. The van der Waals surface area contributed by atoms with Crippen LogP contribution in [0.3, 0.4) is 0 Å². The van der Waals surface area contributed by atoms with E-state index in [2.05, 4.69) is 10.3 Å². The van der Waals surface area contributed by atoms with Crippen molar-refractivity contribution in [2.45, 2.75) is 26.3 Å². The van der Waals surface area contributed by atoms with Gasteiger partial charge in [0.15, 0.2) is 6.54 Å². The minimum absolute atomic E-state index is 0.198. The first kappa shape index (κ1) is 9.98. The Bertz CT molecular complexity index is 318. The SMILES string of the molecule is CC[n+]1noc(/N=C(/C)[O-])c1CCl. The summed E-state index contributed by atoms with van der Waals surface area (Å²) < 4.78 is 6.39. The molecule has 0 saturated heterocycles. The zero-order valence-corrected chi connectivity index (χ0v) is 8.21. The summed E-state index contributed by atoms with van der Waals surface area (Å²) in [5, 5.41) is 14.3. The highest BCUT2D eigenvalue weighted by atomic mass is 35.5. The van der Waals surface area contributed by atoms with Crippen LogP contribution in [-0.2, 0) is 12.4 Å². The second-order valence-corrected chi connectivity index (χ2v) is 2.67. The topological polar surface area (TPSA) is 65.3 Å². The largest absolute Gasteiger partial charge is 0.862 e. The average Bonchev–Trinajstić information content (AvgIpc) is 2.45. The highest BCUT2D eigenvalue weighted by molar-refractivity contribution is 6.17. The van der Waals surface area contributed by atoms with E-state index in [1.54, 1.807) is 4.68 Å². The number of alkyl halides is 1. The quantitative estimate of drug-likeness (QED) is 0.304. The van der Waals surface area contributed by atoms with Gasteiger partial charge in [-0.3, -0.25) is 4.52 Å². The molecule has 5 nitrogen and oxygen atoms in total. The molecule has 0 unspecified atom stereocenters. The molecule has 0 saturated carbocycles. The maximum atomic E-state index is 10.7. The Hall–Kier alpha value is -1.10. The fraction of sp³-hybridized carbons (Fsp3) is 0.571. The van der Waals surface area contributed by atoms with E-state index in [1.165, 1.54) is 6.92 Å². The molecule has 0 aliphatic rings. The molecule has 0 amide bonds. The van der Waals surface area contributed by atoms with E-state index in [0.29, 0.717) is 12.2 Å². The van der Waals surface area contributed by atoms with Crippen LogP contribution in [0.5, 0.6) is 0 Å². The average molecular weight is 204 g/mol. The third-order valence-electron chi connectivity index (χ3n) is 1.47. The molecule has 0 atom stereocenters. The van der Waals surface area contributed by atoms with Gasteiger partial charge >= 0.3 is 5.88 Å². The lowest BCUT2D eigenvalue weighted by Gasteiger charge is -1.97. The van der Waals surface area contributed by atoms with E-state index >= 15 is 0 Å². The van der Waals surface area contributed by atoms with Gasteiger partial charge in [0, 0.05) is 0 Å². The predicted molar refractivity (Wildman–Crippen MR) is 44.7 cm³/mol. The van der Waals surface area contributed by atoms with E-state index in [4.69, 9.17) is 16.1 Å². The minimum Gasteiger partial charge on any atom is -0.862 e. The molecule has 0 spiro atoms. The molecule has 13 heavy (non-hydrogen) atoms. The Morgan fingerprint density at radius 3 is 2.92 bits per heavy atom. The summed E-state index contributed by atoms with van der Waals surface area (Å²) in [6, 6.07) is 0. The molecule has 6 heteroatoms. The van der Waals surface area contributed by atoms with Gasteiger partial charge < -0.3 is 5.11 Å². The molecule has 0 fully saturated rings. The molecule has 1 aromatic rings. The van der Waals surface area contributed by atoms with E-state index in [-0.39, 0.29) is 17.7 Å². The maximum absolute atomic E-state index is 10.7. The summed E-state index contributed by atoms with van der Waals surface area (Å²) in [6.07, 6.45) is 0. The number of aromatic nitrogens is 2. The number of hydrogen-bond donors (Lipinski definition) is 0. The van der Waals surface area contributed by atoms with Crippen LogP contribution in [0.4, 0.5) is 5.88 Å². The van der Waals surface area contributed by atoms with Crippen molar-refractivity contribution in [1.82, 2.24) is 5.27 Å². The summed E-state index contributed by atoms with van der Waals surface area (Å²) in [5.74, 6) is 0.0961. The van der Waals surface area contributed by atoms with Crippen molar-refractivity contribution >= 4 is 23.4 Å². The van der Waals surface area contributed by atoms with Gasteiger partial charge in [-0.25, -0.2) is 4.99 Å². The van der Waals surface area contributed by atoms with Crippen molar-refractivity contribution < 1.29 is 14.3 Å². The van der Waals surface area contributed by atoms with Crippen molar-refractivity contribution in [3.63, 3.8) is 0 Å². The van der Waals surface area contributed by atoms with E-state index in [9.17, 15) is 5.11 Å². The lowest BCUT2D eigenvalue weighted by molar-refractivity contribution is -0.764.